The van der Waals surface area contributed by atoms with Crippen molar-refractivity contribution < 1.29 is 14.0 Å². The zero-order valence-electron chi connectivity index (χ0n) is 16.5. The van der Waals surface area contributed by atoms with E-state index in [1.54, 1.807) is 12.1 Å². The van der Waals surface area contributed by atoms with Crippen LogP contribution in [0.3, 0.4) is 0 Å². The molecule has 0 aliphatic rings. The standard InChI is InChI=1S/C23H18FN3O2S2/c1-14-2-11-19-20(12-14)31-23(26-19)27-21(28)13-30-18-9-7-17(8-10-18)25-22(29)15-3-5-16(24)6-4-15/h2-12H,13H2,1H3,(H,25,29)(H,26,27,28). The fourth-order valence-electron chi connectivity index (χ4n) is 2.83. The molecule has 3 aromatic carbocycles. The molecule has 1 aromatic heterocycles. The second kappa shape index (κ2) is 9.28. The summed E-state index contributed by atoms with van der Waals surface area (Å²) in [5.74, 6) is -0.587. The number of nitrogens with zero attached hydrogens (tertiary/aromatic N) is 1. The van der Waals surface area contributed by atoms with E-state index < -0.39 is 0 Å². The molecule has 0 aliphatic heterocycles. The van der Waals surface area contributed by atoms with Gasteiger partial charge in [-0.1, -0.05) is 17.4 Å². The molecule has 0 atom stereocenters. The number of carbonyl (C=O) groups excluding carboxylic acids is 2. The largest absolute Gasteiger partial charge is 0.322 e. The van der Waals surface area contributed by atoms with Crippen LogP contribution >= 0.6 is 23.1 Å². The highest BCUT2D eigenvalue weighted by molar-refractivity contribution is 8.00. The molecule has 2 N–H and O–H groups in total. The molecule has 31 heavy (non-hydrogen) atoms. The van der Waals surface area contributed by atoms with Gasteiger partial charge in [-0.05, 0) is 73.2 Å². The van der Waals surface area contributed by atoms with Crippen molar-refractivity contribution in [3.05, 3.63) is 83.7 Å². The van der Waals surface area contributed by atoms with Crippen LogP contribution in [-0.2, 0) is 4.79 Å². The molecule has 156 valence electrons. The molecule has 0 unspecified atom stereocenters. The second-order valence-corrected chi connectivity index (χ2v) is 8.89. The van der Waals surface area contributed by atoms with Crippen LogP contribution in [0.5, 0.6) is 0 Å². The summed E-state index contributed by atoms with van der Waals surface area (Å²) in [5, 5.41) is 6.19. The Morgan fingerprint density at radius 3 is 2.48 bits per heavy atom. The van der Waals surface area contributed by atoms with Gasteiger partial charge in [-0.2, -0.15) is 0 Å². The van der Waals surface area contributed by atoms with Crippen LogP contribution in [0.25, 0.3) is 10.2 Å². The molecule has 0 aliphatic carbocycles. The molecule has 0 saturated heterocycles. The molecule has 0 bridgehead atoms. The lowest BCUT2D eigenvalue weighted by molar-refractivity contribution is -0.113. The highest BCUT2D eigenvalue weighted by Crippen LogP contribution is 2.27. The number of aromatic nitrogens is 1. The molecule has 0 spiro atoms. The van der Waals surface area contributed by atoms with Gasteiger partial charge in [0.2, 0.25) is 5.91 Å². The third kappa shape index (κ3) is 5.48. The van der Waals surface area contributed by atoms with Crippen molar-refractivity contribution in [1.29, 1.82) is 0 Å². The minimum Gasteiger partial charge on any atom is -0.322 e. The van der Waals surface area contributed by atoms with E-state index in [1.807, 2.05) is 37.3 Å². The minimum absolute atomic E-state index is 0.130. The van der Waals surface area contributed by atoms with Gasteiger partial charge in [0.25, 0.3) is 5.91 Å². The predicted molar refractivity (Wildman–Crippen MR) is 125 cm³/mol. The van der Waals surface area contributed by atoms with Gasteiger partial charge >= 0.3 is 0 Å². The normalized spacial score (nSPS) is 10.8. The molecule has 0 saturated carbocycles. The first kappa shape index (κ1) is 21.0. The zero-order valence-corrected chi connectivity index (χ0v) is 18.1. The molecule has 4 aromatic rings. The summed E-state index contributed by atoms with van der Waals surface area (Å²) in [6, 6.07) is 18.5. The van der Waals surface area contributed by atoms with Crippen LogP contribution in [0.2, 0.25) is 0 Å². The Bertz CT molecular complexity index is 1240. The van der Waals surface area contributed by atoms with Gasteiger partial charge in [-0.3, -0.25) is 9.59 Å². The maximum absolute atomic E-state index is 13.0. The summed E-state index contributed by atoms with van der Waals surface area (Å²) < 4.78 is 14.0. The number of hydrogen-bond donors (Lipinski definition) is 2. The smallest absolute Gasteiger partial charge is 0.255 e. The van der Waals surface area contributed by atoms with Crippen LogP contribution in [0.4, 0.5) is 15.2 Å². The van der Waals surface area contributed by atoms with Crippen molar-refractivity contribution in [2.45, 2.75) is 11.8 Å². The van der Waals surface area contributed by atoms with Gasteiger partial charge in [0.15, 0.2) is 5.13 Å². The summed E-state index contributed by atoms with van der Waals surface area (Å²) in [6.45, 7) is 2.02. The number of anilines is 2. The third-order valence-corrected chi connectivity index (χ3v) is 6.32. The van der Waals surface area contributed by atoms with Gasteiger partial charge < -0.3 is 10.6 Å². The van der Waals surface area contributed by atoms with Crippen molar-refractivity contribution in [2.75, 3.05) is 16.4 Å². The van der Waals surface area contributed by atoms with Crippen molar-refractivity contribution in [1.82, 2.24) is 4.98 Å². The van der Waals surface area contributed by atoms with Gasteiger partial charge in [0, 0.05) is 16.1 Å². The van der Waals surface area contributed by atoms with E-state index in [2.05, 4.69) is 15.6 Å². The molecular formula is C23H18FN3O2S2. The Morgan fingerprint density at radius 2 is 1.74 bits per heavy atom. The summed E-state index contributed by atoms with van der Waals surface area (Å²) in [6.07, 6.45) is 0. The van der Waals surface area contributed by atoms with Crippen molar-refractivity contribution >= 4 is 55.9 Å². The van der Waals surface area contributed by atoms with E-state index in [0.717, 1.165) is 20.7 Å². The lowest BCUT2D eigenvalue weighted by atomic mass is 10.2. The molecule has 0 radical (unpaired) electrons. The van der Waals surface area contributed by atoms with E-state index in [0.29, 0.717) is 16.4 Å². The third-order valence-electron chi connectivity index (χ3n) is 4.38. The number of fused-ring (bicyclic) bond motifs is 1. The minimum atomic E-state index is -0.389. The first-order chi connectivity index (χ1) is 15.0. The van der Waals surface area contributed by atoms with Crippen molar-refractivity contribution in [2.24, 2.45) is 0 Å². The van der Waals surface area contributed by atoms with Crippen molar-refractivity contribution in [3.8, 4) is 0 Å². The van der Waals surface area contributed by atoms with Crippen LogP contribution in [-0.4, -0.2) is 22.6 Å². The number of nitrogens with one attached hydrogen (secondary N) is 2. The van der Waals surface area contributed by atoms with Gasteiger partial charge in [-0.25, -0.2) is 9.37 Å². The Labute approximate surface area is 186 Å². The quantitative estimate of drug-likeness (QED) is 0.368. The average molecular weight is 452 g/mol. The van der Waals surface area contributed by atoms with E-state index >= 15 is 0 Å². The SMILES string of the molecule is Cc1ccc2nc(NC(=O)CSc3ccc(NC(=O)c4ccc(F)cc4)cc3)sc2c1. The number of thioether (sulfide) groups is 1. The number of amides is 2. The Kier molecular flexibility index (Phi) is 6.29. The topological polar surface area (TPSA) is 71.1 Å². The van der Waals surface area contributed by atoms with Crippen LogP contribution in [0.15, 0.2) is 71.6 Å². The van der Waals surface area contributed by atoms with Crippen LogP contribution < -0.4 is 10.6 Å². The lowest BCUT2D eigenvalue weighted by Gasteiger charge is -2.07. The first-order valence-electron chi connectivity index (χ1n) is 9.43. The first-order valence-corrected chi connectivity index (χ1v) is 11.2. The summed E-state index contributed by atoms with van der Waals surface area (Å²) in [5.41, 5.74) is 3.02. The Morgan fingerprint density at radius 1 is 1.00 bits per heavy atom. The number of thiazole rings is 1. The fraction of sp³-hybridized carbons (Fsp3) is 0.0870. The van der Waals surface area contributed by atoms with E-state index in [4.69, 9.17) is 0 Å². The van der Waals surface area contributed by atoms with Gasteiger partial charge in [0.05, 0.1) is 16.0 Å². The number of benzene rings is 3. The Balaban J connectivity index is 1.29. The molecule has 8 heteroatoms. The average Bonchev–Trinajstić information content (AvgIpc) is 3.15. The summed E-state index contributed by atoms with van der Waals surface area (Å²) >= 11 is 2.85. The number of aryl methyl sites for hydroxylation is 1. The van der Waals surface area contributed by atoms with E-state index in [9.17, 15) is 14.0 Å². The number of rotatable bonds is 6. The summed E-state index contributed by atoms with van der Waals surface area (Å²) in [4.78, 5) is 29.8. The van der Waals surface area contributed by atoms with Crippen LogP contribution in [0, 0.1) is 12.7 Å². The predicted octanol–water partition coefficient (Wildman–Crippen LogP) is 5.73. The summed E-state index contributed by atoms with van der Waals surface area (Å²) in [7, 11) is 0. The molecular weight excluding hydrogens is 433 g/mol. The highest BCUT2D eigenvalue weighted by Gasteiger charge is 2.10. The fourth-order valence-corrected chi connectivity index (χ4v) is 4.51. The molecule has 5 nitrogen and oxygen atoms in total. The molecule has 4 rings (SSSR count). The molecule has 1 heterocycles. The zero-order chi connectivity index (χ0) is 21.8. The number of halogens is 1. The van der Waals surface area contributed by atoms with E-state index in [-0.39, 0.29) is 23.4 Å². The number of carbonyl (C=O) groups is 2. The van der Waals surface area contributed by atoms with Crippen molar-refractivity contribution in [3.63, 3.8) is 0 Å². The van der Waals surface area contributed by atoms with Gasteiger partial charge in [0.1, 0.15) is 5.82 Å². The monoisotopic (exact) mass is 451 g/mol. The maximum Gasteiger partial charge on any atom is 0.255 e. The lowest BCUT2D eigenvalue weighted by Crippen LogP contribution is -2.13. The van der Waals surface area contributed by atoms with E-state index in [1.165, 1.54) is 47.4 Å². The highest BCUT2D eigenvalue weighted by atomic mass is 32.2. The molecule has 0 fully saturated rings. The Hall–Kier alpha value is -3.23. The van der Waals surface area contributed by atoms with Crippen LogP contribution in [0.1, 0.15) is 15.9 Å². The maximum atomic E-state index is 13.0. The molecule has 2 amide bonds. The number of hydrogen-bond acceptors (Lipinski definition) is 5. The van der Waals surface area contributed by atoms with Gasteiger partial charge in [-0.15, -0.1) is 11.8 Å². The second-order valence-electron chi connectivity index (χ2n) is 6.81.